The number of ether oxygens (including phenoxy) is 1. The monoisotopic (exact) mass is 441 g/mol. The van der Waals surface area contributed by atoms with Crippen LogP contribution in [0.15, 0.2) is 30.3 Å². The van der Waals surface area contributed by atoms with Crippen molar-refractivity contribution in [3.8, 4) is 0 Å². The molecule has 0 aromatic heterocycles. The number of rotatable bonds is 6. The van der Waals surface area contributed by atoms with Crippen molar-refractivity contribution in [1.82, 2.24) is 15.1 Å². The van der Waals surface area contributed by atoms with Crippen molar-refractivity contribution in [3.05, 3.63) is 35.9 Å². The summed E-state index contributed by atoms with van der Waals surface area (Å²) in [5.41, 5.74) is 1.31. The highest BCUT2D eigenvalue weighted by atomic mass is 16.5. The van der Waals surface area contributed by atoms with Gasteiger partial charge in [-0.1, -0.05) is 49.6 Å². The Bertz CT molecular complexity index is 797. The summed E-state index contributed by atoms with van der Waals surface area (Å²) >= 11 is 0. The summed E-state index contributed by atoms with van der Waals surface area (Å²) in [6, 6.07) is 10.5. The van der Waals surface area contributed by atoms with Crippen LogP contribution in [0.1, 0.15) is 51.5 Å². The van der Waals surface area contributed by atoms with Crippen LogP contribution < -0.4 is 5.32 Å². The zero-order valence-electron chi connectivity index (χ0n) is 19.9. The van der Waals surface area contributed by atoms with E-state index in [4.69, 9.17) is 4.74 Å². The first kappa shape index (κ1) is 23.2. The van der Waals surface area contributed by atoms with Crippen molar-refractivity contribution >= 4 is 11.9 Å². The van der Waals surface area contributed by atoms with Crippen LogP contribution in [0.2, 0.25) is 0 Å². The summed E-state index contributed by atoms with van der Waals surface area (Å²) in [6.45, 7) is 8.51. The number of hydrogen-bond acceptors (Lipinski definition) is 5. The molecule has 2 aliphatic carbocycles. The second kappa shape index (κ2) is 9.92. The minimum Gasteiger partial charge on any atom is -0.469 e. The average Bonchev–Trinajstić information content (AvgIpc) is 3.14. The van der Waals surface area contributed by atoms with Crippen molar-refractivity contribution < 1.29 is 14.3 Å². The fourth-order valence-electron chi connectivity index (χ4n) is 6.33. The molecule has 3 aliphatic rings. The van der Waals surface area contributed by atoms with Crippen LogP contribution >= 0.6 is 0 Å². The topological polar surface area (TPSA) is 61.9 Å². The summed E-state index contributed by atoms with van der Waals surface area (Å²) in [5.74, 6) is 0.633. The zero-order valence-corrected chi connectivity index (χ0v) is 19.9. The molecule has 4 rings (SSSR count). The first-order valence-electron chi connectivity index (χ1n) is 12.3. The Labute approximate surface area is 192 Å². The van der Waals surface area contributed by atoms with Gasteiger partial charge in [-0.15, -0.1) is 0 Å². The summed E-state index contributed by atoms with van der Waals surface area (Å²) in [5, 5.41) is 3.27. The molecule has 1 heterocycles. The van der Waals surface area contributed by atoms with Crippen LogP contribution in [-0.2, 0) is 20.9 Å². The van der Waals surface area contributed by atoms with Crippen molar-refractivity contribution in [2.24, 2.45) is 17.8 Å². The van der Waals surface area contributed by atoms with E-state index in [0.717, 1.165) is 39.0 Å². The van der Waals surface area contributed by atoms with Gasteiger partial charge in [-0.3, -0.25) is 19.4 Å². The van der Waals surface area contributed by atoms with Crippen LogP contribution in [0.4, 0.5) is 0 Å². The van der Waals surface area contributed by atoms with E-state index < -0.39 is 0 Å². The molecular weight excluding hydrogens is 402 g/mol. The van der Waals surface area contributed by atoms with Gasteiger partial charge in [0, 0.05) is 37.8 Å². The van der Waals surface area contributed by atoms with Gasteiger partial charge in [0.25, 0.3) is 0 Å². The molecule has 0 spiro atoms. The van der Waals surface area contributed by atoms with Crippen molar-refractivity contribution in [2.45, 2.75) is 64.1 Å². The Balaban J connectivity index is 1.34. The van der Waals surface area contributed by atoms with Gasteiger partial charge in [0.15, 0.2) is 0 Å². The molecule has 4 atom stereocenters. The molecule has 1 aromatic rings. The molecule has 1 amide bonds. The van der Waals surface area contributed by atoms with Gasteiger partial charge in [0.1, 0.15) is 0 Å². The average molecular weight is 442 g/mol. The lowest BCUT2D eigenvalue weighted by Crippen LogP contribution is -2.60. The molecule has 0 radical (unpaired) electrons. The Hall–Kier alpha value is -1.92. The maximum atomic E-state index is 13.1. The maximum Gasteiger partial charge on any atom is 0.310 e. The SMILES string of the molecule is COC(=O)C1CC2CCCCC2C1NC(=O)CN1CCN(Cc2ccccc2)C(C)(C)C1. The Morgan fingerprint density at radius 2 is 1.88 bits per heavy atom. The summed E-state index contributed by atoms with van der Waals surface area (Å²) < 4.78 is 5.08. The standard InChI is InChI=1S/C26H39N3O3/c1-26(2)18-28(13-14-29(26)16-19-9-5-4-6-10-19)17-23(30)27-24-21-12-8-7-11-20(21)15-22(24)25(31)32-3/h4-6,9-10,20-22,24H,7-8,11-18H2,1-3H3,(H,27,30). The Kier molecular flexibility index (Phi) is 7.21. The summed E-state index contributed by atoms with van der Waals surface area (Å²) in [4.78, 5) is 30.3. The number of piperazine rings is 1. The number of benzene rings is 1. The van der Waals surface area contributed by atoms with Gasteiger partial charge in [0.2, 0.25) is 5.91 Å². The fourth-order valence-corrected chi connectivity index (χ4v) is 6.33. The highest BCUT2D eigenvalue weighted by Gasteiger charge is 2.48. The fraction of sp³-hybridized carbons (Fsp3) is 0.692. The number of carbonyl (C=O) groups is 2. The molecule has 1 N–H and O–H groups in total. The molecule has 1 saturated heterocycles. The third-order valence-corrected chi connectivity index (χ3v) is 7.99. The highest BCUT2D eigenvalue weighted by molar-refractivity contribution is 5.80. The lowest BCUT2D eigenvalue weighted by atomic mass is 9.80. The number of nitrogens with zero attached hydrogens (tertiary/aromatic N) is 2. The van der Waals surface area contributed by atoms with Gasteiger partial charge in [-0.25, -0.2) is 0 Å². The third-order valence-electron chi connectivity index (χ3n) is 7.99. The smallest absolute Gasteiger partial charge is 0.310 e. The third kappa shape index (κ3) is 5.18. The molecule has 0 bridgehead atoms. The normalized spacial score (nSPS) is 30.5. The van der Waals surface area contributed by atoms with Crippen LogP contribution in [0.25, 0.3) is 0 Å². The van der Waals surface area contributed by atoms with Gasteiger partial charge >= 0.3 is 5.97 Å². The lowest BCUT2D eigenvalue weighted by Gasteiger charge is -2.47. The van der Waals surface area contributed by atoms with E-state index in [9.17, 15) is 9.59 Å². The number of esters is 1. The minimum absolute atomic E-state index is 0.00918. The van der Waals surface area contributed by atoms with Crippen molar-refractivity contribution in [1.29, 1.82) is 0 Å². The molecule has 3 fully saturated rings. The van der Waals surface area contributed by atoms with E-state index in [0.29, 0.717) is 18.4 Å². The molecule has 4 unspecified atom stereocenters. The van der Waals surface area contributed by atoms with Crippen LogP contribution in [0.5, 0.6) is 0 Å². The molecular formula is C26H39N3O3. The predicted octanol–water partition coefficient (Wildman–Crippen LogP) is 3.07. The molecule has 176 valence electrons. The molecule has 6 nitrogen and oxygen atoms in total. The van der Waals surface area contributed by atoms with E-state index in [1.165, 1.54) is 31.9 Å². The number of carbonyl (C=O) groups excluding carboxylic acids is 2. The second-order valence-corrected chi connectivity index (χ2v) is 10.6. The van der Waals surface area contributed by atoms with Gasteiger partial charge < -0.3 is 10.1 Å². The number of amides is 1. The molecule has 1 aromatic carbocycles. The van der Waals surface area contributed by atoms with Gasteiger partial charge in [-0.2, -0.15) is 0 Å². The Morgan fingerprint density at radius 1 is 1.12 bits per heavy atom. The molecule has 2 saturated carbocycles. The summed E-state index contributed by atoms with van der Waals surface area (Å²) in [6.07, 6.45) is 5.56. The molecule has 32 heavy (non-hydrogen) atoms. The van der Waals surface area contributed by atoms with Crippen LogP contribution in [-0.4, -0.2) is 66.5 Å². The first-order chi connectivity index (χ1) is 15.4. The summed E-state index contributed by atoms with van der Waals surface area (Å²) in [7, 11) is 1.46. The van der Waals surface area contributed by atoms with E-state index in [-0.39, 0.29) is 29.4 Å². The maximum absolute atomic E-state index is 13.1. The zero-order chi connectivity index (χ0) is 22.7. The van der Waals surface area contributed by atoms with E-state index in [1.807, 2.05) is 0 Å². The van der Waals surface area contributed by atoms with E-state index in [2.05, 4.69) is 59.3 Å². The quantitative estimate of drug-likeness (QED) is 0.688. The number of methoxy groups -OCH3 is 1. The molecule has 1 aliphatic heterocycles. The second-order valence-electron chi connectivity index (χ2n) is 10.6. The minimum atomic E-state index is -0.198. The number of hydrogen-bond donors (Lipinski definition) is 1. The van der Waals surface area contributed by atoms with Crippen molar-refractivity contribution in [3.63, 3.8) is 0 Å². The van der Waals surface area contributed by atoms with Gasteiger partial charge in [0.05, 0.1) is 19.6 Å². The lowest BCUT2D eigenvalue weighted by molar-refractivity contribution is -0.146. The first-order valence-corrected chi connectivity index (χ1v) is 12.3. The highest BCUT2D eigenvalue weighted by Crippen LogP contribution is 2.45. The largest absolute Gasteiger partial charge is 0.469 e. The van der Waals surface area contributed by atoms with E-state index >= 15 is 0 Å². The van der Waals surface area contributed by atoms with Gasteiger partial charge in [-0.05, 0) is 44.1 Å². The van der Waals surface area contributed by atoms with Crippen molar-refractivity contribution in [2.75, 3.05) is 33.3 Å². The van der Waals surface area contributed by atoms with E-state index in [1.54, 1.807) is 0 Å². The number of fused-ring (bicyclic) bond motifs is 1. The molecule has 6 heteroatoms. The predicted molar refractivity (Wildman–Crippen MR) is 125 cm³/mol. The van der Waals surface area contributed by atoms with Crippen LogP contribution in [0.3, 0.4) is 0 Å². The Morgan fingerprint density at radius 3 is 2.59 bits per heavy atom. The number of nitrogens with one attached hydrogen (secondary N) is 1. The van der Waals surface area contributed by atoms with Crippen LogP contribution in [0, 0.1) is 17.8 Å².